The second-order valence-electron chi connectivity index (χ2n) is 19.2. The minimum atomic E-state index is -2.29. The molecule has 4 heterocycles. The molecule has 343 valence electrons. The summed E-state index contributed by atoms with van der Waals surface area (Å²) < 4.78 is 40.8. The maximum Gasteiger partial charge on any atom is 0.177 e. The molecule has 0 bridgehead atoms. The predicted molar refractivity (Wildman–Crippen MR) is 281 cm³/mol. The van der Waals surface area contributed by atoms with E-state index in [1.165, 1.54) is 0 Å². The van der Waals surface area contributed by atoms with E-state index in [0.717, 1.165) is 88.6 Å². The molecule has 7 heteroatoms. The maximum atomic E-state index is 8.43. The van der Waals surface area contributed by atoms with Gasteiger partial charge in [-0.05, 0) is 99.7 Å². The van der Waals surface area contributed by atoms with Crippen molar-refractivity contribution in [3.05, 3.63) is 192 Å². The van der Waals surface area contributed by atoms with E-state index < -0.39 is 6.85 Å². The molecule has 0 spiro atoms. The van der Waals surface area contributed by atoms with Gasteiger partial charge in [-0.3, -0.25) is 15.0 Å². The number of fused-ring (bicyclic) bond motifs is 9. The Morgan fingerprint density at radius 1 is 0.609 bits per heavy atom. The van der Waals surface area contributed by atoms with Gasteiger partial charge in [-0.25, -0.2) is 0 Å². The Morgan fingerprint density at radius 2 is 1.32 bits per heavy atom. The van der Waals surface area contributed by atoms with Crippen LogP contribution in [0.5, 0.6) is 0 Å². The van der Waals surface area contributed by atoms with Crippen LogP contribution >= 0.6 is 0 Å². The zero-order chi connectivity index (χ0) is 49.3. The van der Waals surface area contributed by atoms with Gasteiger partial charge in [-0.1, -0.05) is 132 Å². The largest absolute Gasteiger partial charge is 0.497 e. The van der Waals surface area contributed by atoms with E-state index in [-0.39, 0.29) is 37.4 Å². The number of furan rings is 2. The summed E-state index contributed by atoms with van der Waals surface area (Å²) in [5.74, 6) is 1.70. The van der Waals surface area contributed by atoms with E-state index in [1.54, 1.807) is 6.07 Å². The van der Waals surface area contributed by atoms with Gasteiger partial charge in [0.1, 0.15) is 5.58 Å². The monoisotopic (exact) mass is 1080 g/mol. The molecule has 4 aromatic heterocycles. The van der Waals surface area contributed by atoms with Gasteiger partial charge in [0.05, 0.1) is 28.3 Å². The first-order valence-electron chi connectivity index (χ1n) is 24.8. The van der Waals surface area contributed by atoms with Crippen molar-refractivity contribution in [2.75, 3.05) is 0 Å². The van der Waals surface area contributed by atoms with Crippen LogP contribution < -0.4 is 0 Å². The van der Waals surface area contributed by atoms with E-state index in [4.69, 9.17) is 17.9 Å². The summed E-state index contributed by atoms with van der Waals surface area (Å²) in [5, 5.41) is 5.43. The van der Waals surface area contributed by atoms with Crippen molar-refractivity contribution in [2.24, 2.45) is 0 Å². The van der Waals surface area contributed by atoms with Crippen molar-refractivity contribution in [2.45, 2.75) is 72.6 Å². The molecule has 0 amide bonds. The molecule has 0 aliphatic rings. The van der Waals surface area contributed by atoms with Gasteiger partial charge < -0.3 is 13.4 Å². The van der Waals surface area contributed by atoms with Gasteiger partial charge in [-0.15, -0.1) is 54.1 Å². The summed E-state index contributed by atoms with van der Waals surface area (Å²) in [6.45, 7) is 13.1. The number of aryl methyl sites for hydroxylation is 1. The Bertz CT molecular complexity index is 3950. The Labute approximate surface area is 420 Å². The van der Waals surface area contributed by atoms with Crippen LogP contribution in [-0.2, 0) is 25.5 Å². The fraction of sp³-hybridized carbons (Fsp3) is 0.177. The van der Waals surface area contributed by atoms with E-state index in [1.807, 2.05) is 97.2 Å². The van der Waals surface area contributed by atoms with Crippen LogP contribution in [0.4, 0.5) is 0 Å². The molecule has 0 N–H and O–H groups in total. The summed E-state index contributed by atoms with van der Waals surface area (Å²) in [7, 11) is 0. The first-order valence-corrected chi connectivity index (χ1v) is 23.3. The van der Waals surface area contributed by atoms with Crippen LogP contribution in [0.25, 0.3) is 105 Å². The van der Waals surface area contributed by atoms with Crippen LogP contribution in [0.1, 0.15) is 86.8 Å². The third-order valence-electron chi connectivity index (χ3n) is 12.9. The Morgan fingerprint density at radius 3 is 2.04 bits per heavy atom. The fourth-order valence-corrected chi connectivity index (χ4v) is 9.45. The number of para-hydroxylation sites is 1. The van der Waals surface area contributed by atoms with Crippen molar-refractivity contribution >= 4 is 65.7 Å². The predicted octanol–water partition coefficient (Wildman–Crippen LogP) is 16.9. The molecule has 69 heavy (non-hydrogen) atoms. The SMILES string of the molecule is CC(C)(C)c1ccnc(-c2[c-]cccc2)n1.[2H]C([2H])([2H])c1cccc2cc3nc(-c4[c-]ccc5c4oc4c5ccc5c6ccccc6oc54)n(-c4c(C(C)C)cc(-c5ccccc5)cc4C(C)C)c3cc12.[Ir]. The van der Waals surface area contributed by atoms with E-state index >= 15 is 0 Å². The first kappa shape index (κ1) is 42.0. The quantitative estimate of drug-likeness (QED) is 0.155. The van der Waals surface area contributed by atoms with Crippen LogP contribution in [0.3, 0.4) is 0 Å². The number of rotatable bonds is 6. The molecule has 0 unspecified atom stereocenters. The van der Waals surface area contributed by atoms with Crippen molar-refractivity contribution < 1.29 is 33.1 Å². The second kappa shape index (κ2) is 18.0. The van der Waals surface area contributed by atoms with Crippen molar-refractivity contribution in [1.29, 1.82) is 0 Å². The molecule has 0 aliphatic heterocycles. The Kier molecular flexibility index (Phi) is 11.0. The molecule has 12 rings (SSSR count). The Hall–Kier alpha value is -7.18. The molecule has 0 saturated carbocycles. The number of benzene rings is 8. The summed E-state index contributed by atoms with van der Waals surface area (Å²) >= 11 is 0. The molecule has 0 fully saturated rings. The molecule has 6 nitrogen and oxygen atoms in total. The van der Waals surface area contributed by atoms with Gasteiger partial charge >= 0.3 is 0 Å². The third-order valence-corrected chi connectivity index (χ3v) is 12.9. The number of aromatic nitrogens is 4. The molecular formula is C62H52IrN4O2-2. The van der Waals surface area contributed by atoms with Gasteiger partial charge in [0.2, 0.25) is 0 Å². The molecular weight excluding hydrogens is 1020 g/mol. The molecule has 0 saturated heterocycles. The van der Waals surface area contributed by atoms with Crippen molar-refractivity contribution in [3.63, 3.8) is 0 Å². The standard InChI is InChI=1S/C48H37N2O2.C14H15N2.Ir/c1-27(2)38-23-32(30-14-7-6-8-15-30)24-39(28(3)4)44(38)50-42-26-40-29(5)13-11-16-31(40)25-41(42)49-48(50)37-19-12-18-34-36-22-21-35-33-17-9-10-20-43(33)51-46(35)47(36)52-45(34)37;1-14(2,3)12-9-10-15-13(16-12)11-7-5-4-6-8-11;/h6-18,20-28H,1-5H3;4-7,9-10H,1-3H3;/q2*-1;/i5D3;;. The summed E-state index contributed by atoms with van der Waals surface area (Å²) in [6.07, 6.45) is 1.81. The van der Waals surface area contributed by atoms with Crippen LogP contribution in [0, 0.1) is 19.0 Å². The smallest absolute Gasteiger partial charge is 0.177 e. The van der Waals surface area contributed by atoms with Crippen LogP contribution in [-0.4, -0.2) is 19.5 Å². The third kappa shape index (κ3) is 8.14. The number of nitrogens with zero attached hydrogens (tertiary/aromatic N) is 4. The van der Waals surface area contributed by atoms with E-state index in [0.29, 0.717) is 39.1 Å². The molecule has 1 radical (unpaired) electrons. The molecule has 0 atom stereocenters. The normalized spacial score (nSPS) is 12.7. The van der Waals surface area contributed by atoms with Crippen LogP contribution in [0.15, 0.2) is 167 Å². The van der Waals surface area contributed by atoms with Gasteiger partial charge in [-0.2, -0.15) is 0 Å². The average molecular weight is 1080 g/mol. The first-order chi connectivity index (χ1) is 34.1. The molecule has 8 aromatic carbocycles. The number of hydrogen-bond acceptors (Lipinski definition) is 5. The molecule has 12 aromatic rings. The van der Waals surface area contributed by atoms with Gasteiger partial charge in [0, 0.05) is 63.4 Å². The topological polar surface area (TPSA) is 69.9 Å². The summed E-state index contributed by atoms with van der Waals surface area (Å²) in [6, 6.07) is 57.3. The van der Waals surface area contributed by atoms with Crippen molar-refractivity contribution in [3.8, 4) is 39.6 Å². The maximum absolute atomic E-state index is 8.43. The Balaban J connectivity index is 0.000000300. The van der Waals surface area contributed by atoms with E-state index in [2.05, 4.69) is 130 Å². The number of hydrogen-bond donors (Lipinski definition) is 0. The summed E-state index contributed by atoms with van der Waals surface area (Å²) in [4.78, 5) is 14.3. The summed E-state index contributed by atoms with van der Waals surface area (Å²) in [5.41, 5.74) is 13.2. The minimum absolute atomic E-state index is 0. The van der Waals surface area contributed by atoms with Crippen LogP contribution in [0.2, 0.25) is 0 Å². The van der Waals surface area contributed by atoms with Gasteiger partial charge in [0.25, 0.3) is 0 Å². The van der Waals surface area contributed by atoms with E-state index in [9.17, 15) is 0 Å². The number of imidazole rings is 1. The fourth-order valence-electron chi connectivity index (χ4n) is 9.45. The second-order valence-corrected chi connectivity index (χ2v) is 19.2. The zero-order valence-electron chi connectivity index (χ0n) is 42.6. The minimum Gasteiger partial charge on any atom is -0.497 e. The zero-order valence-corrected chi connectivity index (χ0v) is 42.0. The average Bonchev–Trinajstić information content (AvgIpc) is 4.06. The van der Waals surface area contributed by atoms with Gasteiger partial charge in [0.15, 0.2) is 11.2 Å². The molecule has 0 aliphatic carbocycles. The van der Waals surface area contributed by atoms with Crippen molar-refractivity contribution in [1.82, 2.24) is 19.5 Å².